The Hall–Kier alpha value is -1.78. The Kier molecular flexibility index (Phi) is 2.57. The van der Waals surface area contributed by atoms with Crippen LogP contribution in [0.1, 0.15) is 12.0 Å². The molecule has 0 radical (unpaired) electrons. The monoisotopic (exact) mass is 256 g/mol. The van der Waals surface area contributed by atoms with Crippen LogP contribution in [0.3, 0.4) is 0 Å². The van der Waals surface area contributed by atoms with Crippen LogP contribution in [0.25, 0.3) is 0 Å². The van der Waals surface area contributed by atoms with Gasteiger partial charge >= 0.3 is 0 Å². The molecule has 2 heterocycles. The van der Waals surface area contributed by atoms with Gasteiger partial charge in [-0.15, -0.1) is 5.06 Å². The topological polar surface area (TPSA) is 33.7 Å². The van der Waals surface area contributed by atoms with Crippen LogP contribution in [-0.2, 0) is 11.3 Å². The van der Waals surface area contributed by atoms with E-state index in [1.807, 2.05) is 12.1 Å². The molecule has 0 saturated carbocycles. The number of hydrogen-bond donors (Lipinski definition) is 1. The Morgan fingerprint density at radius 1 is 1.26 bits per heavy atom. The third-order valence-electron chi connectivity index (χ3n) is 3.83. The van der Waals surface area contributed by atoms with Gasteiger partial charge in [0, 0.05) is 12.1 Å². The van der Waals surface area contributed by atoms with Crippen molar-refractivity contribution in [3.05, 3.63) is 53.3 Å². The standard InChI is InChI=1S/C15H16N2O2/c1-2-4-15-11(3-1)9-17(19-15)13-5-6-14-12(7-13)8-16-10-18-14/h1-6,13,16H,7-10H2. The van der Waals surface area contributed by atoms with Crippen molar-refractivity contribution in [3.63, 3.8) is 0 Å². The minimum Gasteiger partial charge on any atom is -0.478 e. The Morgan fingerprint density at radius 3 is 3.16 bits per heavy atom. The molecule has 0 amide bonds. The van der Waals surface area contributed by atoms with Crippen molar-refractivity contribution in [1.29, 1.82) is 0 Å². The van der Waals surface area contributed by atoms with Gasteiger partial charge in [-0.05, 0) is 24.1 Å². The van der Waals surface area contributed by atoms with E-state index in [9.17, 15) is 0 Å². The minimum absolute atomic E-state index is 0.287. The number of nitrogens with one attached hydrogen (secondary N) is 1. The number of allylic oxidation sites excluding steroid dienone is 1. The van der Waals surface area contributed by atoms with Gasteiger partial charge in [-0.2, -0.15) is 0 Å². The molecule has 19 heavy (non-hydrogen) atoms. The van der Waals surface area contributed by atoms with E-state index in [0.29, 0.717) is 6.73 Å². The summed E-state index contributed by atoms with van der Waals surface area (Å²) in [5.74, 6) is 2.01. The summed E-state index contributed by atoms with van der Waals surface area (Å²) in [6, 6.07) is 8.51. The van der Waals surface area contributed by atoms with Gasteiger partial charge in [0.25, 0.3) is 0 Å². The van der Waals surface area contributed by atoms with Gasteiger partial charge in [0.1, 0.15) is 12.5 Å². The third kappa shape index (κ3) is 1.93. The Morgan fingerprint density at radius 2 is 2.21 bits per heavy atom. The Labute approximate surface area is 112 Å². The van der Waals surface area contributed by atoms with Crippen LogP contribution in [0, 0.1) is 0 Å². The molecule has 1 unspecified atom stereocenters. The molecule has 0 bridgehead atoms. The van der Waals surface area contributed by atoms with Gasteiger partial charge in [0.2, 0.25) is 0 Å². The number of benzene rings is 1. The quantitative estimate of drug-likeness (QED) is 0.832. The van der Waals surface area contributed by atoms with Crippen molar-refractivity contribution in [2.45, 2.75) is 19.0 Å². The highest BCUT2D eigenvalue weighted by molar-refractivity contribution is 5.36. The van der Waals surface area contributed by atoms with Gasteiger partial charge in [-0.25, -0.2) is 0 Å². The van der Waals surface area contributed by atoms with Crippen LogP contribution in [0.4, 0.5) is 0 Å². The first kappa shape index (κ1) is 11.1. The number of nitrogens with zero attached hydrogens (tertiary/aromatic N) is 1. The second-order valence-corrected chi connectivity index (χ2v) is 5.09. The van der Waals surface area contributed by atoms with Gasteiger partial charge in [-0.1, -0.05) is 24.3 Å². The average molecular weight is 256 g/mol. The summed E-state index contributed by atoms with van der Waals surface area (Å²) in [6.45, 7) is 2.37. The van der Waals surface area contributed by atoms with E-state index in [-0.39, 0.29) is 6.04 Å². The van der Waals surface area contributed by atoms with Crippen molar-refractivity contribution < 1.29 is 9.57 Å². The second kappa shape index (κ2) is 4.40. The van der Waals surface area contributed by atoms with Crippen LogP contribution in [-0.4, -0.2) is 24.4 Å². The van der Waals surface area contributed by atoms with Gasteiger partial charge in [0.15, 0.2) is 5.75 Å². The summed E-state index contributed by atoms with van der Waals surface area (Å²) >= 11 is 0. The van der Waals surface area contributed by atoms with Crippen molar-refractivity contribution >= 4 is 0 Å². The number of rotatable bonds is 1. The highest BCUT2D eigenvalue weighted by Crippen LogP contribution is 2.32. The maximum Gasteiger partial charge on any atom is 0.152 e. The molecule has 4 rings (SSSR count). The molecule has 0 aromatic heterocycles. The van der Waals surface area contributed by atoms with Crippen LogP contribution in [0.2, 0.25) is 0 Å². The maximum atomic E-state index is 5.92. The van der Waals surface area contributed by atoms with Crippen LogP contribution in [0.15, 0.2) is 47.7 Å². The zero-order chi connectivity index (χ0) is 12.7. The highest BCUT2D eigenvalue weighted by Gasteiger charge is 2.30. The van der Waals surface area contributed by atoms with E-state index in [1.165, 1.54) is 11.1 Å². The summed E-state index contributed by atoms with van der Waals surface area (Å²) in [4.78, 5) is 5.92. The van der Waals surface area contributed by atoms with Gasteiger partial charge < -0.3 is 9.57 Å². The van der Waals surface area contributed by atoms with E-state index < -0.39 is 0 Å². The van der Waals surface area contributed by atoms with E-state index in [0.717, 1.165) is 31.0 Å². The fourth-order valence-corrected chi connectivity index (χ4v) is 2.81. The lowest BCUT2D eigenvalue weighted by atomic mass is 9.98. The Balaban J connectivity index is 1.52. The molecule has 1 aromatic carbocycles. The van der Waals surface area contributed by atoms with E-state index in [4.69, 9.17) is 9.57 Å². The molecule has 0 saturated heterocycles. The van der Waals surface area contributed by atoms with E-state index in [2.05, 4.69) is 34.7 Å². The Bertz CT molecular complexity index is 540. The molecular weight excluding hydrogens is 240 g/mol. The average Bonchev–Trinajstić information content (AvgIpc) is 2.90. The molecule has 1 N–H and O–H groups in total. The van der Waals surface area contributed by atoms with Crippen LogP contribution >= 0.6 is 0 Å². The second-order valence-electron chi connectivity index (χ2n) is 5.09. The summed E-state index contributed by atoms with van der Waals surface area (Å²) in [6.07, 6.45) is 5.22. The number of hydrogen-bond acceptors (Lipinski definition) is 4. The number of hydroxylamine groups is 2. The molecule has 4 nitrogen and oxygen atoms in total. The van der Waals surface area contributed by atoms with E-state index in [1.54, 1.807) is 0 Å². The summed E-state index contributed by atoms with van der Waals surface area (Å²) in [7, 11) is 0. The van der Waals surface area contributed by atoms with E-state index >= 15 is 0 Å². The third-order valence-corrected chi connectivity index (χ3v) is 3.83. The predicted octanol–water partition coefficient (Wildman–Crippen LogP) is 1.96. The fourth-order valence-electron chi connectivity index (χ4n) is 2.81. The molecule has 1 aromatic rings. The van der Waals surface area contributed by atoms with Gasteiger partial charge in [-0.3, -0.25) is 5.32 Å². The molecule has 3 aliphatic rings. The number of fused-ring (bicyclic) bond motifs is 1. The van der Waals surface area contributed by atoms with Crippen LogP contribution in [0.5, 0.6) is 5.75 Å². The lowest BCUT2D eigenvalue weighted by molar-refractivity contribution is -0.0681. The highest BCUT2D eigenvalue weighted by atomic mass is 16.7. The first-order valence-electron chi connectivity index (χ1n) is 6.66. The predicted molar refractivity (Wildman–Crippen MR) is 71.1 cm³/mol. The van der Waals surface area contributed by atoms with Crippen molar-refractivity contribution in [1.82, 2.24) is 10.4 Å². The first-order valence-corrected chi connectivity index (χ1v) is 6.66. The van der Waals surface area contributed by atoms with Crippen molar-refractivity contribution in [2.24, 2.45) is 0 Å². The molecule has 1 atom stereocenters. The molecule has 0 spiro atoms. The molecule has 1 aliphatic carbocycles. The smallest absolute Gasteiger partial charge is 0.152 e. The molecule has 4 heteroatoms. The number of para-hydroxylation sites is 1. The van der Waals surface area contributed by atoms with Crippen molar-refractivity contribution in [3.8, 4) is 5.75 Å². The maximum absolute atomic E-state index is 5.92. The largest absolute Gasteiger partial charge is 0.478 e. The fraction of sp³-hybridized carbons (Fsp3) is 0.333. The SMILES string of the molecule is C1=CC(N2Cc3ccccc3O2)CC2=C1OCNC2. The first-order chi connectivity index (χ1) is 9.40. The number of ether oxygens (including phenoxy) is 1. The minimum atomic E-state index is 0.287. The van der Waals surface area contributed by atoms with Gasteiger partial charge in [0.05, 0.1) is 12.6 Å². The molecule has 98 valence electrons. The summed E-state index contributed by atoms with van der Waals surface area (Å²) < 4.78 is 5.58. The summed E-state index contributed by atoms with van der Waals surface area (Å²) in [5, 5.41) is 5.29. The molecular formula is C15H16N2O2. The van der Waals surface area contributed by atoms with Crippen molar-refractivity contribution in [2.75, 3.05) is 13.3 Å². The van der Waals surface area contributed by atoms with Crippen LogP contribution < -0.4 is 10.2 Å². The molecule has 2 aliphatic heterocycles. The zero-order valence-corrected chi connectivity index (χ0v) is 10.6. The zero-order valence-electron chi connectivity index (χ0n) is 10.6. The molecule has 0 fully saturated rings. The lowest BCUT2D eigenvalue weighted by Crippen LogP contribution is -2.37. The lowest BCUT2D eigenvalue weighted by Gasteiger charge is -2.30. The normalized spacial score (nSPS) is 25.6. The summed E-state index contributed by atoms with van der Waals surface area (Å²) in [5.41, 5.74) is 2.59.